The van der Waals surface area contributed by atoms with Crippen LogP contribution >= 0.6 is 0 Å². The average Bonchev–Trinajstić information content (AvgIpc) is 3.07. The molecule has 148 valence electrons. The van der Waals surface area contributed by atoms with Gasteiger partial charge in [0, 0.05) is 52.1 Å². The number of nitrogens with zero attached hydrogens (tertiary/aromatic N) is 6. The number of nitro benzene ring substituents is 1. The van der Waals surface area contributed by atoms with Gasteiger partial charge in [0.1, 0.15) is 11.9 Å². The van der Waals surface area contributed by atoms with Crippen molar-refractivity contribution in [1.82, 2.24) is 14.5 Å². The van der Waals surface area contributed by atoms with E-state index in [4.69, 9.17) is 0 Å². The highest BCUT2D eigenvalue weighted by Gasteiger charge is 2.25. The van der Waals surface area contributed by atoms with Crippen molar-refractivity contribution in [2.24, 2.45) is 0 Å². The number of anilines is 1. The van der Waals surface area contributed by atoms with Crippen LogP contribution in [-0.4, -0.2) is 56.4 Å². The summed E-state index contributed by atoms with van der Waals surface area (Å²) in [6.45, 7) is 3.92. The molecule has 1 aliphatic rings. The van der Waals surface area contributed by atoms with Gasteiger partial charge in [0.25, 0.3) is 5.69 Å². The minimum Gasteiger partial charge on any atom is -0.362 e. The van der Waals surface area contributed by atoms with Crippen molar-refractivity contribution in [3.63, 3.8) is 0 Å². The Labute approximate surface area is 160 Å². The summed E-state index contributed by atoms with van der Waals surface area (Å²) in [5.74, 6) is 0.196. The van der Waals surface area contributed by atoms with E-state index in [9.17, 15) is 25.0 Å². The molecule has 11 nitrogen and oxygen atoms in total. The van der Waals surface area contributed by atoms with Crippen LogP contribution in [0.2, 0.25) is 0 Å². The number of hydrogen-bond donors (Lipinski definition) is 0. The summed E-state index contributed by atoms with van der Waals surface area (Å²) < 4.78 is 1.60. The molecule has 1 fully saturated rings. The Morgan fingerprint density at radius 1 is 1.11 bits per heavy atom. The van der Waals surface area contributed by atoms with E-state index < -0.39 is 9.85 Å². The van der Waals surface area contributed by atoms with Gasteiger partial charge < -0.3 is 24.5 Å². The van der Waals surface area contributed by atoms with Crippen LogP contribution in [0.4, 0.5) is 17.2 Å². The number of carbonyl (C=O) groups excluding carboxylic acids is 1. The molecule has 1 aromatic carbocycles. The number of rotatable bonds is 6. The van der Waals surface area contributed by atoms with Gasteiger partial charge in [0.15, 0.2) is 0 Å². The molecule has 1 aromatic heterocycles. The summed E-state index contributed by atoms with van der Waals surface area (Å²) in [6, 6.07) is 6.57. The van der Waals surface area contributed by atoms with Gasteiger partial charge in [-0.05, 0) is 16.0 Å². The van der Waals surface area contributed by atoms with E-state index >= 15 is 0 Å². The maximum Gasteiger partial charge on any atom is 0.381 e. The van der Waals surface area contributed by atoms with Gasteiger partial charge in [-0.1, -0.05) is 12.1 Å². The molecular weight excluding hydrogens is 368 g/mol. The van der Waals surface area contributed by atoms with Gasteiger partial charge in [-0.3, -0.25) is 14.9 Å². The number of nitro groups is 2. The van der Waals surface area contributed by atoms with Gasteiger partial charge in [-0.25, -0.2) is 0 Å². The fourth-order valence-electron chi connectivity index (χ4n) is 3.26. The normalized spacial score (nSPS) is 14.2. The maximum absolute atomic E-state index is 12.5. The summed E-state index contributed by atoms with van der Waals surface area (Å²) in [7, 11) is 0. The first-order valence-electron chi connectivity index (χ1n) is 8.81. The third-order valence-electron chi connectivity index (χ3n) is 4.77. The van der Waals surface area contributed by atoms with Crippen molar-refractivity contribution < 1.29 is 14.6 Å². The first-order valence-corrected chi connectivity index (χ1v) is 8.81. The van der Waals surface area contributed by atoms with Crippen LogP contribution in [0.25, 0.3) is 0 Å². The van der Waals surface area contributed by atoms with Crippen molar-refractivity contribution in [2.75, 3.05) is 31.1 Å². The van der Waals surface area contributed by atoms with E-state index in [2.05, 4.69) is 4.98 Å². The monoisotopic (exact) mass is 388 g/mol. The van der Waals surface area contributed by atoms with Crippen molar-refractivity contribution in [1.29, 1.82) is 0 Å². The molecule has 0 aliphatic carbocycles. The number of amides is 1. The molecule has 28 heavy (non-hydrogen) atoms. The molecular formula is C17H20N6O5. The maximum atomic E-state index is 12.5. The smallest absolute Gasteiger partial charge is 0.362 e. The molecule has 11 heteroatoms. The molecule has 1 saturated heterocycles. The molecule has 0 N–H and O–H groups in total. The third kappa shape index (κ3) is 4.08. The summed E-state index contributed by atoms with van der Waals surface area (Å²) in [5.41, 5.74) is 0.611. The second-order valence-corrected chi connectivity index (χ2v) is 6.46. The molecule has 0 saturated carbocycles. The number of aromatic nitrogens is 2. The summed E-state index contributed by atoms with van der Waals surface area (Å²) >= 11 is 0. The summed E-state index contributed by atoms with van der Waals surface area (Å²) in [4.78, 5) is 40.9. The molecule has 0 atom stereocenters. The SMILES string of the molecule is Cc1nc([N+](=O)[O-])cn1CCC(=O)N1CCN(c2ccccc2[N+](=O)[O-])CC1. The van der Waals surface area contributed by atoms with Gasteiger partial charge in [-0.15, -0.1) is 0 Å². The Balaban J connectivity index is 1.56. The van der Waals surface area contributed by atoms with Crippen molar-refractivity contribution in [3.8, 4) is 0 Å². The molecule has 1 amide bonds. The quantitative estimate of drug-likeness (QED) is 0.544. The van der Waals surface area contributed by atoms with Gasteiger partial charge in [-0.2, -0.15) is 0 Å². The molecule has 0 unspecified atom stereocenters. The number of aryl methyl sites for hydroxylation is 2. The van der Waals surface area contributed by atoms with E-state index in [0.29, 0.717) is 44.2 Å². The first kappa shape index (κ1) is 19.3. The number of carbonyl (C=O) groups is 1. The molecule has 0 radical (unpaired) electrons. The Morgan fingerprint density at radius 2 is 1.79 bits per heavy atom. The Kier molecular flexibility index (Phi) is 5.52. The van der Waals surface area contributed by atoms with Crippen LogP contribution in [0.15, 0.2) is 30.5 Å². The molecule has 2 aromatic rings. The van der Waals surface area contributed by atoms with E-state index in [-0.39, 0.29) is 23.8 Å². The molecule has 0 bridgehead atoms. The lowest BCUT2D eigenvalue weighted by atomic mass is 10.2. The predicted octanol–water partition coefficient (Wildman–Crippen LogP) is 1.75. The largest absolute Gasteiger partial charge is 0.381 e. The van der Waals surface area contributed by atoms with E-state index in [1.165, 1.54) is 12.3 Å². The van der Waals surface area contributed by atoms with Crippen LogP contribution in [0.3, 0.4) is 0 Å². The summed E-state index contributed by atoms with van der Waals surface area (Å²) in [6.07, 6.45) is 1.54. The van der Waals surface area contributed by atoms with Crippen LogP contribution < -0.4 is 4.90 Å². The van der Waals surface area contributed by atoms with Gasteiger partial charge in [0.05, 0.1) is 4.92 Å². The number of benzene rings is 1. The standard InChI is InChI=1S/C17H20N6O5/c1-13-18-16(23(27)28)12-21(13)7-6-17(24)20-10-8-19(9-11-20)14-4-2-3-5-15(14)22(25)26/h2-5,12H,6-11H2,1H3. The predicted molar refractivity (Wildman–Crippen MR) is 100 cm³/mol. The van der Waals surface area contributed by atoms with Crippen molar-refractivity contribution in [2.45, 2.75) is 19.9 Å². The van der Waals surface area contributed by atoms with Crippen LogP contribution in [0.1, 0.15) is 12.2 Å². The van der Waals surface area contributed by atoms with Crippen LogP contribution in [-0.2, 0) is 11.3 Å². The number of piperazine rings is 1. The highest BCUT2D eigenvalue weighted by molar-refractivity contribution is 5.76. The van der Waals surface area contributed by atoms with E-state index in [0.717, 1.165) is 0 Å². The molecule has 3 rings (SSSR count). The Hall–Kier alpha value is -3.50. The van der Waals surface area contributed by atoms with E-state index in [1.54, 1.807) is 34.6 Å². The fraction of sp³-hybridized carbons (Fsp3) is 0.412. The Morgan fingerprint density at radius 3 is 2.39 bits per heavy atom. The van der Waals surface area contributed by atoms with E-state index in [1.807, 2.05) is 4.90 Å². The first-order chi connectivity index (χ1) is 13.4. The average molecular weight is 388 g/mol. The summed E-state index contributed by atoms with van der Waals surface area (Å²) in [5, 5.41) is 22.0. The number of hydrogen-bond acceptors (Lipinski definition) is 7. The zero-order valence-corrected chi connectivity index (χ0v) is 15.4. The molecule has 1 aliphatic heterocycles. The topological polar surface area (TPSA) is 128 Å². The number of para-hydroxylation sites is 2. The lowest BCUT2D eigenvalue weighted by molar-refractivity contribution is -0.389. The van der Waals surface area contributed by atoms with Crippen LogP contribution in [0.5, 0.6) is 0 Å². The highest BCUT2D eigenvalue weighted by atomic mass is 16.6. The molecule has 0 spiro atoms. The minimum atomic E-state index is -0.562. The van der Waals surface area contributed by atoms with Crippen molar-refractivity contribution >= 4 is 23.1 Å². The zero-order chi connectivity index (χ0) is 20.3. The third-order valence-corrected chi connectivity index (χ3v) is 4.77. The minimum absolute atomic E-state index is 0.0550. The Bertz CT molecular complexity index is 903. The lowest BCUT2D eigenvalue weighted by Gasteiger charge is -2.35. The fourth-order valence-corrected chi connectivity index (χ4v) is 3.26. The number of imidazole rings is 1. The second kappa shape index (κ2) is 8.03. The molecule has 2 heterocycles. The second-order valence-electron chi connectivity index (χ2n) is 6.46. The van der Waals surface area contributed by atoms with Crippen LogP contribution in [0, 0.1) is 27.2 Å². The highest BCUT2D eigenvalue weighted by Crippen LogP contribution is 2.28. The zero-order valence-electron chi connectivity index (χ0n) is 15.4. The van der Waals surface area contributed by atoms with Gasteiger partial charge >= 0.3 is 5.82 Å². The van der Waals surface area contributed by atoms with Crippen molar-refractivity contribution in [3.05, 3.63) is 56.5 Å². The van der Waals surface area contributed by atoms with Gasteiger partial charge in [0.2, 0.25) is 11.7 Å². The lowest BCUT2D eigenvalue weighted by Crippen LogP contribution is -2.49.